The van der Waals surface area contributed by atoms with Crippen LogP contribution in [0.15, 0.2) is 91.0 Å². The van der Waals surface area contributed by atoms with Gasteiger partial charge in [-0.25, -0.2) is 0 Å². The van der Waals surface area contributed by atoms with E-state index in [1.165, 1.54) is 42.4 Å². The van der Waals surface area contributed by atoms with Crippen molar-refractivity contribution >= 4 is 44.8 Å². The fourth-order valence-electron chi connectivity index (χ4n) is 3.59. The molecule has 0 saturated carbocycles. The maximum absolute atomic E-state index is 6.35. The maximum atomic E-state index is 6.35. The highest BCUT2D eigenvalue weighted by atomic mass is 32.1. The molecule has 0 aliphatic rings. The average molecular weight is 346 g/mol. The largest absolute Gasteiger partial charge is 0.135 e. The van der Waals surface area contributed by atoms with Gasteiger partial charge in [0.15, 0.2) is 0 Å². The van der Waals surface area contributed by atoms with E-state index in [2.05, 4.69) is 78.9 Å². The molecule has 5 rings (SSSR count). The van der Waals surface area contributed by atoms with Crippen LogP contribution in [0.3, 0.4) is 0 Å². The Kier molecular flexibility index (Phi) is 3.65. The molecule has 0 aliphatic heterocycles. The predicted octanol–water partition coefficient (Wildman–Crippen LogP) is 6.18. The first kappa shape index (κ1) is 15.4. The molecule has 4 aromatic carbocycles. The highest BCUT2D eigenvalue weighted by molar-refractivity contribution is 7.26. The van der Waals surface area contributed by atoms with Crippen LogP contribution in [0, 0.1) is 0 Å². The quantitative estimate of drug-likeness (QED) is 0.335. The normalized spacial score (nSPS) is 11.2. The molecule has 26 heavy (non-hydrogen) atoms. The molecule has 0 saturated heterocycles. The van der Waals surface area contributed by atoms with Gasteiger partial charge in [-0.1, -0.05) is 78.3 Å². The smallest absolute Gasteiger partial charge is 0.114 e. The van der Waals surface area contributed by atoms with Crippen LogP contribution in [0.2, 0.25) is 0 Å². The number of hydrogen-bond acceptors (Lipinski definition) is 1. The van der Waals surface area contributed by atoms with E-state index in [0.29, 0.717) is 0 Å². The lowest BCUT2D eigenvalue weighted by atomic mass is 9.89. The zero-order chi connectivity index (χ0) is 17.5. The van der Waals surface area contributed by atoms with Gasteiger partial charge in [0, 0.05) is 20.3 Å². The summed E-state index contributed by atoms with van der Waals surface area (Å²) in [5.41, 5.74) is 5.79. The number of thiophene rings is 1. The summed E-state index contributed by atoms with van der Waals surface area (Å²) in [6.45, 7) is 0. The summed E-state index contributed by atoms with van der Waals surface area (Å²) in [6, 6.07) is 31.9. The third kappa shape index (κ3) is 2.46. The predicted molar refractivity (Wildman–Crippen MR) is 116 cm³/mol. The number of fused-ring (bicyclic) bond motifs is 3. The molecule has 0 bridgehead atoms. The van der Waals surface area contributed by atoms with Gasteiger partial charge in [0.1, 0.15) is 7.85 Å². The van der Waals surface area contributed by atoms with E-state index in [1.807, 2.05) is 23.5 Å². The molecule has 0 unspecified atom stereocenters. The van der Waals surface area contributed by atoms with Gasteiger partial charge in [-0.3, -0.25) is 0 Å². The van der Waals surface area contributed by atoms with Crippen molar-refractivity contribution in [2.45, 2.75) is 0 Å². The second-order valence-electron chi connectivity index (χ2n) is 6.45. The molecule has 0 N–H and O–H groups in total. The Morgan fingerprint density at radius 1 is 0.615 bits per heavy atom. The van der Waals surface area contributed by atoms with Gasteiger partial charge in [-0.05, 0) is 40.3 Å². The van der Waals surface area contributed by atoms with Gasteiger partial charge in [-0.15, -0.1) is 11.3 Å². The Hall–Kier alpha value is -2.84. The van der Waals surface area contributed by atoms with Crippen molar-refractivity contribution in [3.05, 3.63) is 91.0 Å². The molecule has 0 fully saturated rings. The summed E-state index contributed by atoms with van der Waals surface area (Å²) >= 11 is 1.82. The Labute approximate surface area is 158 Å². The summed E-state index contributed by atoms with van der Waals surface area (Å²) in [5.74, 6) is 0. The molecule has 0 spiro atoms. The zero-order valence-electron chi connectivity index (χ0n) is 14.1. The second-order valence-corrected chi connectivity index (χ2v) is 7.51. The summed E-state index contributed by atoms with van der Waals surface area (Å²) in [4.78, 5) is 0. The van der Waals surface area contributed by atoms with E-state index in [0.717, 1.165) is 5.46 Å². The highest BCUT2D eigenvalue weighted by Crippen LogP contribution is 2.41. The van der Waals surface area contributed by atoms with E-state index in [1.54, 1.807) is 0 Å². The fraction of sp³-hybridized carbons (Fsp3) is 0. The minimum Gasteiger partial charge on any atom is -0.135 e. The van der Waals surface area contributed by atoms with E-state index < -0.39 is 0 Å². The van der Waals surface area contributed by atoms with Crippen LogP contribution in [0.25, 0.3) is 42.4 Å². The average Bonchev–Trinajstić information content (AvgIpc) is 3.08. The van der Waals surface area contributed by atoms with Crippen LogP contribution in [0.4, 0.5) is 0 Å². The molecule has 2 radical (unpaired) electrons. The lowest BCUT2D eigenvalue weighted by Crippen LogP contribution is -2.01. The number of hydrogen-bond donors (Lipinski definition) is 0. The molecule has 0 amide bonds. The van der Waals surface area contributed by atoms with Gasteiger partial charge >= 0.3 is 0 Å². The molecule has 5 aromatic rings. The molecule has 0 nitrogen and oxygen atoms in total. The molecule has 0 aliphatic carbocycles. The summed E-state index contributed by atoms with van der Waals surface area (Å²) in [7, 11) is 6.35. The van der Waals surface area contributed by atoms with Crippen molar-refractivity contribution < 1.29 is 0 Å². The zero-order valence-corrected chi connectivity index (χ0v) is 15.0. The first-order valence-corrected chi connectivity index (χ1v) is 9.48. The number of rotatable bonds is 2. The lowest BCUT2D eigenvalue weighted by Gasteiger charge is -2.09. The minimum atomic E-state index is 0.845. The van der Waals surface area contributed by atoms with Gasteiger partial charge in [-0.2, -0.15) is 0 Å². The topological polar surface area (TPSA) is 0 Å². The molecular formula is C24H15BS. The van der Waals surface area contributed by atoms with Crippen molar-refractivity contribution in [1.29, 1.82) is 0 Å². The monoisotopic (exact) mass is 346 g/mol. The molecule has 1 heterocycles. The van der Waals surface area contributed by atoms with Crippen molar-refractivity contribution in [2.24, 2.45) is 0 Å². The van der Waals surface area contributed by atoms with Gasteiger partial charge in [0.25, 0.3) is 0 Å². The highest BCUT2D eigenvalue weighted by Gasteiger charge is 2.14. The van der Waals surface area contributed by atoms with E-state index in [-0.39, 0.29) is 0 Å². The molecular weight excluding hydrogens is 331 g/mol. The van der Waals surface area contributed by atoms with Crippen molar-refractivity contribution in [2.75, 3.05) is 0 Å². The van der Waals surface area contributed by atoms with E-state index in [4.69, 9.17) is 7.85 Å². The second kappa shape index (κ2) is 6.15. The summed E-state index contributed by atoms with van der Waals surface area (Å²) in [5, 5.41) is 2.41. The Morgan fingerprint density at radius 2 is 1.31 bits per heavy atom. The fourth-order valence-corrected chi connectivity index (χ4v) is 4.84. The van der Waals surface area contributed by atoms with Crippen LogP contribution in [-0.4, -0.2) is 7.85 Å². The van der Waals surface area contributed by atoms with Crippen LogP contribution >= 0.6 is 11.3 Å². The molecule has 1 aromatic heterocycles. The van der Waals surface area contributed by atoms with Crippen molar-refractivity contribution in [1.82, 2.24) is 0 Å². The van der Waals surface area contributed by atoms with Crippen LogP contribution < -0.4 is 5.46 Å². The van der Waals surface area contributed by atoms with Gasteiger partial charge in [0.05, 0.1) is 0 Å². The third-order valence-electron chi connectivity index (χ3n) is 4.82. The third-order valence-corrected chi connectivity index (χ3v) is 6.02. The minimum absolute atomic E-state index is 0.845. The lowest BCUT2D eigenvalue weighted by molar-refractivity contribution is 1.63. The van der Waals surface area contributed by atoms with E-state index >= 15 is 0 Å². The number of benzene rings is 4. The van der Waals surface area contributed by atoms with Gasteiger partial charge < -0.3 is 0 Å². The summed E-state index contributed by atoms with van der Waals surface area (Å²) < 4.78 is 2.53. The Morgan fingerprint density at radius 3 is 2.04 bits per heavy atom. The Bertz CT molecular complexity index is 1220. The molecule has 2 heteroatoms. The SMILES string of the molecule is [B]c1cccc2sc3c(-c4ccccc4)cc(-c4ccccc4)cc3c12. The molecule has 0 atom stereocenters. The Balaban J connectivity index is 1.93. The van der Waals surface area contributed by atoms with Crippen molar-refractivity contribution in [3.8, 4) is 22.3 Å². The van der Waals surface area contributed by atoms with Crippen molar-refractivity contribution in [3.63, 3.8) is 0 Å². The van der Waals surface area contributed by atoms with Crippen LogP contribution in [0.1, 0.15) is 0 Å². The first-order valence-electron chi connectivity index (χ1n) is 8.67. The maximum Gasteiger partial charge on any atom is 0.114 e. The van der Waals surface area contributed by atoms with Crippen LogP contribution in [-0.2, 0) is 0 Å². The first-order chi connectivity index (χ1) is 12.8. The standard InChI is InChI=1S/C24H15BS/c25-21-12-7-13-22-23(21)20-15-18(16-8-3-1-4-9-16)14-19(24(20)26-22)17-10-5-2-6-11-17/h1-15H. The summed E-state index contributed by atoms with van der Waals surface area (Å²) in [6.07, 6.45) is 0. The van der Waals surface area contributed by atoms with Crippen LogP contribution in [0.5, 0.6) is 0 Å². The molecule has 120 valence electrons. The van der Waals surface area contributed by atoms with E-state index in [9.17, 15) is 0 Å². The van der Waals surface area contributed by atoms with Gasteiger partial charge in [0.2, 0.25) is 0 Å².